The minimum atomic E-state index is -0.950. The number of anilines is 4. The van der Waals surface area contributed by atoms with Crippen LogP contribution in [0.25, 0.3) is 61.0 Å². The minimum Gasteiger partial charge on any atom is -0.457 e. The molecule has 0 atom stereocenters. The zero-order valence-corrected chi connectivity index (χ0v) is 39.2. The van der Waals surface area contributed by atoms with E-state index in [0.29, 0.717) is 28.3 Å². The van der Waals surface area contributed by atoms with Crippen molar-refractivity contribution in [2.75, 3.05) is 16.5 Å². The van der Waals surface area contributed by atoms with E-state index in [0.717, 1.165) is 79.1 Å². The van der Waals surface area contributed by atoms with E-state index < -0.39 is 29.2 Å². The fourth-order valence-electron chi connectivity index (χ4n) is 9.87. The number of nitrogens with zero attached hydrogens (tertiary/aromatic N) is 4. The smallest absolute Gasteiger partial charge is 0.137 e. The van der Waals surface area contributed by atoms with E-state index >= 15 is 17.6 Å². The van der Waals surface area contributed by atoms with Crippen LogP contribution in [0.2, 0.25) is 0 Å². The van der Waals surface area contributed by atoms with E-state index in [9.17, 15) is 1.37 Å². The van der Waals surface area contributed by atoms with Crippen LogP contribution in [0, 0.1) is 23.3 Å². The molecule has 1 aliphatic heterocycles. The van der Waals surface area contributed by atoms with Gasteiger partial charge in [-0.1, -0.05) is 107 Å². The molecule has 0 N–H and O–H groups in total. The Hall–Kier alpha value is -8.17. The third-order valence-electron chi connectivity index (χ3n) is 13.1. The summed E-state index contributed by atoms with van der Waals surface area (Å²) in [4.78, 5) is 9.00. The fourth-order valence-corrected chi connectivity index (χ4v) is 9.87. The predicted molar refractivity (Wildman–Crippen MR) is 276 cm³/mol. The molecule has 9 heteroatoms. The first-order chi connectivity index (χ1) is 34.1. The highest BCUT2D eigenvalue weighted by Gasteiger charge is 2.32. The second kappa shape index (κ2) is 17.4. The second-order valence-corrected chi connectivity index (χ2v) is 19.1. The van der Waals surface area contributed by atoms with Gasteiger partial charge in [0.2, 0.25) is 0 Å². The van der Waals surface area contributed by atoms with Crippen LogP contribution in [0.5, 0.6) is 11.5 Å². The summed E-state index contributed by atoms with van der Waals surface area (Å²) in [5, 5.41) is 2.13. The number of para-hydroxylation sites is 4. The van der Waals surface area contributed by atoms with Crippen molar-refractivity contribution in [1.82, 2.24) is 9.55 Å². The average Bonchev–Trinajstić information content (AvgIpc) is 3.88. The van der Waals surface area contributed by atoms with Gasteiger partial charge in [-0.15, -0.1) is 0 Å². The topological polar surface area (TPSA) is 33.5 Å². The summed E-state index contributed by atoms with van der Waals surface area (Å²) in [6.07, 6.45) is 1.86. The van der Waals surface area contributed by atoms with E-state index in [-0.39, 0.29) is 23.2 Å². The number of ether oxygens (including phenoxy) is 1. The summed E-state index contributed by atoms with van der Waals surface area (Å²) >= 11 is 0. The number of rotatable bonds is 9. The molecule has 0 spiro atoms. The van der Waals surface area contributed by atoms with Gasteiger partial charge in [0.25, 0.3) is 0 Å². The van der Waals surface area contributed by atoms with Crippen LogP contribution in [0.1, 0.15) is 53.0 Å². The van der Waals surface area contributed by atoms with Gasteiger partial charge in [-0.3, -0.25) is 4.57 Å². The standard InChI is InChI=1S/C61H48F4N4O/c1-37(2)49-13-6-7-14-50(49)40-29-46(34-48(30-40)70-47-21-22-54-53-15-8-9-18-55(53)69(58(54)35-47)59-31-41(23-24-66-59)61(3,4)5)67-36-68(57-20-11-10-19-56(57)67)60-51(38-25-42(62)32-43(63)26-38)16-12-17-52(60)39-27-44(64)33-45(65)28-39/h6-35,37H,36H2,1-5H3/i37D. The first-order valence-electron chi connectivity index (χ1n) is 23.7. The quantitative estimate of drug-likeness (QED) is 0.135. The van der Waals surface area contributed by atoms with E-state index in [1.165, 1.54) is 24.3 Å². The molecule has 2 aromatic heterocycles. The molecule has 8 aromatic carbocycles. The predicted octanol–water partition coefficient (Wildman–Crippen LogP) is 17.2. The molecule has 0 bridgehead atoms. The summed E-state index contributed by atoms with van der Waals surface area (Å²) in [5.74, 6) is -2.06. The molecular formula is C61H48F4N4O. The van der Waals surface area contributed by atoms with Gasteiger partial charge in [0.1, 0.15) is 47.3 Å². The summed E-state index contributed by atoms with van der Waals surface area (Å²) in [7, 11) is 0. The molecule has 0 radical (unpaired) electrons. The molecule has 11 rings (SSSR count). The first-order valence-corrected chi connectivity index (χ1v) is 23.2. The summed E-state index contributed by atoms with van der Waals surface area (Å²) in [5.41, 5.74) is 9.73. The Labute approximate surface area is 405 Å². The van der Waals surface area contributed by atoms with Crippen molar-refractivity contribution >= 4 is 44.6 Å². The average molecular weight is 930 g/mol. The van der Waals surface area contributed by atoms with Crippen LogP contribution in [-0.4, -0.2) is 16.2 Å². The maximum atomic E-state index is 15.0. The number of benzene rings is 8. The normalized spacial score (nSPS) is 13.0. The highest BCUT2D eigenvalue weighted by atomic mass is 19.1. The molecule has 346 valence electrons. The highest BCUT2D eigenvalue weighted by molar-refractivity contribution is 6.09. The fraction of sp³-hybridized carbons (Fsp3) is 0.131. The molecule has 70 heavy (non-hydrogen) atoms. The molecule has 10 aromatic rings. The van der Waals surface area contributed by atoms with Crippen LogP contribution in [0.3, 0.4) is 0 Å². The van der Waals surface area contributed by atoms with Crippen LogP contribution >= 0.6 is 0 Å². The Balaban J connectivity index is 1.08. The number of hydrogen-bond donors (Lipinski definition) is 0. The number of fused-ring (bicyclic) bond motifs is 4. The van der Waals surface area contributed by atoms with E-state index in [1.807, 2.05) is 110 Å². The van der Waals surface area contributed by atoms with E-state index in [4.69, 9.17) is 9.72 Å². The SMILES string of the molecule is [2H]C(C)(C)c1ccccc1-c1cc(Oc2ccc3c4ccccc4n(-c4cc(C(C)(C)C)ccn4)c3c2)cc(N2CN(c3c(-c4cc(F)cc(F)c4)cccc3-c3cc(F)cc(F)c3)c3ccccc32)c1. The van der Waals surface area contributed by atoms with Gasteiger partial charge in [0.15, 0.2) is 0 Å². The lowest BCUT2D eigenvalue weighted by atomic mass is 9.88. The monoisotopic (exact) mass is 929 g/mol. The van der Waals surface area contributed by atoms with Crippen molar-refractivity contribution in [3.63, 3.8) is 0 Å². The molecule has 0 fully saturated rings. The summed E-state index contributed by atoms with van der Waals surface area (Å²) in [6, 6.07) is 52.2. The van der Waals surface area contributed by atoms with Gasteiger partial charge in [-0.05, 0) is 124 Å². The lowest BCUT2D eigenvalue weighted by Gasteiger charge is -2.27. The van der Waals surface area contributed by atoms with Gasteiger partial charge in [0.05, 0.1) is 28.1 Å². The van der Waals surface area contributed by atoms with Gasteiger partial charge < -0.3 is 14.5 Å². The zero-order valence-electron chi connectivity index (χ0n) is 40.2. The molecule has 0 unspecified atom stereocenters. The number of hydrogen-bond acceptors (Lipinski definition) is 4. The zero-order chi connectivity index (χ0) is 49.3. The molecule has 3 heterocycles. The molecule has 1 aliphatic rings. The van der Waals surface area contributed by atoms with Crippen LogP contribution in [-0.2, 0) is 5.41 Å². The van der Waals surface area contributed by atoms with Crippen molar-refractivity contribution in [2.45, 2.75) is 45.9 Å². The third kappa shape index (κ3) is 8.11. The van der Waals surface area contributed by atoms with Crippen molar-refractivity contribution < 1.29 is 23.7 Å². The number of aromatic nitrogens is 2. The molecule has 5 nitrogen and oxygen atoms in total. The molecule has 0 amide bonds. The lowest BCUT2D eigenvalue weighted by Crippen LogP contribution is -2.25. The Morgan fingerprint density at radius 3 is 1.80 bits per heavy atom. The van der Waals surface area contributed by atoms with Crippen LogP contribution in [0.4, 0.5) is 40.3 Å². The Kier molecular flexibility index (Phi) is 10.7. The van der Waals surface area contributed by atoms with Crippen LogP contribution in [0.15, 0.2) is 182 Å². The Bertz CT molecular complexity index is 3610. The Morgan fingerprint density at radius 1 is 0.543 bits per heavy atom. The van der Waals surface area contributed by atoms with E-state index in [2.05, 4.69) is 66.6 Å². The van der Waals surface area contributed by atoms with E-state index in [1.54, 1.807) is 18.2 Å². The van der Waals surface area contributed by atoms with Crippen LogP contribution < -0.4 is 14.5 Å². The largest absolute Gasteiger partial charge is 0.457 e. The van der Waals surface area contributed by atoms with Gasteiger partial charge >= 0.3 is 0 Å². The van der Waals surface area contributed by atoms with Gasteiger partial charge in [0, 0.05) is 59.4 Å². The maximum Gasteiger partial charge on any atom is 0.137 e. The van der Waals surface area contributed by atoms with Crippen molar-refractivity contribution in [3.05, 3.63) is 217 Å². The first kappa shape index (κ1) is 43.1. The van der Waals surface area contributed by atoms with Gasteiger partial charge in [-0.25, -0.2) is 22.5 Å². The van der Waals surface area contributed by atoms with Crippen molar-refractivity contribution in [1.29, 1.82) is 0 Å². The van der Waals surface area contributed by atoms with Crippen molar-refractivity contribution in [3.8, 4) is 50.7 Å². The Morgan fingerprint density at radius 2 is 1.13 bits per heavy atom. The van der Waals surface area contributed by atoms with Gasteiger partial charge in [-0.2, -0.15) is 0 Å². The lowest BCUT2D eigenvalue weighted by molar-refractivity contribution is 0.483. The van der Waals surface area contributed by atoms with Crippen molar-refractivity contribution in [2.24, 2.45) is 0 Å². The number of halogens is 4. The molecule has 0 saturated carbocycles. The molecule has 0 saturated heterocycles. The highest BCUT2D eigenvalue weighted by Crippen LogP contribution is 2.51. The second-order valence-electron chi connectivity index (χ2n) is 19.1. The minimum absolute atomic E-state index is 0.0960. The maximum absolute atomic E-state index is 15.0. The number of pyridine rings is 1. The summed E-state index contributed by atoms with van der Waals surface area (Å²) in [6.45, 7) is 10.5. The summed E-state index contributed by atoms with van der Waals surface area (Å²) < 4.78 is 78.5. The molecular weight excluding hydrogens is 881 g/mol. The molecule has 0 aliphatic carbocycles. The third-order valence-corrected chi connectivity index (χ3v) is 13.1.